The summed E-state index contributed by atoms with van der Waals surface area (Å²) in [6.07, 6.45) is 0. The van der Waals surface area contributed by atoms with E-state index in [-0.39, 0.29) is 12.0 Å². The van der Waals surface area contributed by atoms with Crippen LogP contribution in [0, 0.1) is 0 Å². The van der Waals surface area contributed by atoms with Crippen molar-refractivity contribution in [3.63, 3.8) is 0 Å². The maximum atomic E-state index is 5.96. The molecule has 1 aromatic heterocycles. The number of nitrogens with one attached hydrogen (secondary N) is 1. The molecule has 2 rings (SSSR count). The van der Waals surface area contributed by atoms with Gasteiger partial charge in [-0.1, -0.05) is 35.3 Å². The molecular weight excluding hydrogens is 285 g/mol. The van der Waals surface area contributed by atoms with Gasteiger partial charge in [-0.05, 0) is 32.2 Å². The molecule has 0 bridgehead atoms. The van der Waals surface area contributed by atoms with Crippen LogP contribution in [0.5, 0.6) is 0 Å². The molecule has 0 aliphatic heterocycles. The SMILES string of the molecule is CNC(C)C(C)c1nc(-c2cc(Cl)cc(Cl)c2)no1. The molecule has 0 spiro atoms. The predicted molar refractivity (Wildman–Crippen MR) is 76.7 cm³/mol. The molecule has 1 N–H and O–H groups in total. The molecule has 0 amide bonds. The molecule has 4 nitrogen and oxygen atoms in total. The smallest absolute Gasteiger partial charge is 0.231 e. The average Bonchev–Trinajstić information content (AvgIpc) is 2.85. The van der Waals surface area contributed by atoms with Gasteiger partial charge in [0.2, 0.25) is 11.7 Å². The van der Waals surface area contributed by atoms with E-state index in [0.717, 1.165) is 5.56 Å². The Labute approximate surface area is 122 Å². The third-order valence-corrected chi connectivity index (χ3v) is 3.59. The van der Waals surface area contributed by atoms with Crippen molar-refractivity contribution in [2.75, 3.05) is 7.05 Å². The monoisotopic (exact) mass is 299 g/mol. The zero-order valence-electron chi connectivity index (χ0n) is 10.9. The van der Waals surface area contributed by atoms with Crippen LogP contribution in [-0.2, 0) is 0 Å². The first-order valence-electron chi connectivity index (χ1n) is 5.98. The molecule has 0 aliphatic rings. The van der Waals surface area contributed by atoms with Crippen molar-refractivity contribution in [3.8, 4) is 11.4 Å². The molecule has 1 heterocycles. The van der Waals surface area contributed by atoms with Crippen molar-refractivity contribution in [3.05, 3.63) is 34.1 Å². The molecule has 6 heteroatoms. The van der Waals surface area contributed by atoms with Crippen LogP contribution in [0.2, 0.25) is 10.0 Å². The highest BCUT2D eigenvalue weighted by Crippen LogP contribution is 2.27. The van der Waals surface area contributed by atoms with Gasteiger partial charge >= 0.3 is 0 Å². The van der Waals surface area contributed by atoms with E-state index < -0.39 is 0 Å². The van der Waals surface area contributed by atoms with Crippen LogP contribution in [-0.4, -0.2) is 23.2 Å². The molecule has 2 atom stereocenters. The van der Waals surface area contributed by atoms with Gasteiger partial charge in [0.15, 0.2) is 0 Å². The van der Waals surface area contributed by atoms with Crippen molar-refractivity contribution in [2.24, 2.45) is 0 Å². The number of hydrogen-bond acceptors (Lipinski definition) is 4. The van der Waals surface area contributed by atoms with Crippen molar-refractivity contribution >= 4 is 23.2 Å². The zero-order chi connectivity index (χ0) is 14.0. The third kappa shape index (κ3) is 3.26. The molecule has 1 aromatic carbocycles. The summed E-state index contributed by atoms with van der Waals surface area (Å²) in [5, 5.41) is 8.23. The first-order valence-corrected chi connectivity index (χ1v) is 6.74. The fourth-order valence-electron chi connectivity index (χ4n) is 1.68. The van der Waals surface area contributed by atoms with E-state index in [0.29, 0.717) is 21.8 Å². The first kappa shape index (κ1) is 14.3. The van der Waals surface area contributed by atoms with E-state index in [1.807, 2.05) is 14.0 Å². The molecular formula is C13H15Cl2N3O. The van der Waals surface area contributed by atoms with Crippen LogP contribution in [0.15, 0.2) is 22.7 Å². The van der Waals surface area contributed by atoms with Crippen LogP contribution >= 0.6 is 23.2 Å². The lowest BCUT2D eigenvalue weighted by Crippen LogP contribution is -2.27. The van der Waals surface area contributed by atoms with E-state index in [1.165, 1.54) is 0 Å². The summed E-state index contributed by atoms with van der Waals surface area (Å²) in [6, 6.07) is 5.43. The number of rotatable bonds is 4. The van der Waals surface area contributed by atoms with Gasteiger partial charge < -0.3 is 9.84 Å². The summed E-state index contributed by atoms with van der Waals surface area (Å²) in [7, 11) is 1.90. The van der Waals surface area contributed by atoms with Gasteiger partial charge in [-0.25, -0.2) is 0 Å². The van der Waals surface area contributed by atoms with Gasteiger partial charge in [-0.3, -0.25) is 0 Å². The van der Waals surface area contributed by atoms with Crippen LogP contribution in [0.4, 0.5) is 0 Å². The number of aromatic nitrogens is 2. The summed E-state index contributed by atoms with van der Waals surface area (Å²) in [4.78, 5) is 4.40. The molecule has 2 aromatic rings. The maximum absolute atomic E-state index is 5.96. The van der Waals surface area contributed by atoms with Gasteiger partial charge in [-0.15, -0.1) is 0 Å². The Morgan fingerprint density at radius 3 is 2.37 bits per heavy atom. The lowest BCUT2D eigenvalue weighted by molar-refractivity contribution is 0.336. The number of likely N-dealkylation sites (N-methyl/N-ethyl adjacent to an activating group) is 1. The number of hydrogen-bond donors (Lipinski definition) is 1. The van der Waals surface area contributed by atoms with Gasteiger partial charge in [-0.2, -0.15) is 4.98 Å². The topological polar surface area (TPSA) is 51.0 Å². The Balaban J connectivity index is 2.30. The van der Waals surface area contributed by atoms with Gasteiger partial charge in [0.1, 0.15) is 0 Å². The second-order valence-corrected chi connectivity index (χ2v) is 5.35. The fourth-order valence-corrected chi connectivity index (χ4v) is 2.21. The highest BCUT2D eigenvalue weighted by molar-refractivity contribution is 6.35. The normalized spacial score (nSPS) is 14.4. The summed E-state index contributed by atoms with van der Waals surface area (Å²) >= 11 is 11.9. The minimum atomic E-state index is 0.126. The summed E-state index contributed by atoms with van der Waals surface area (Å²) < 4.78 is 5.30. The molecule has 0 radical (unpaired) electrons. The Morgan fingerprint density at radius 2 is 1.79 bits per heavy atom. The predicted octanol–water partition coefficient (Wildman–Crippen LogP) is 3.75. The molecule has 0 saturated heterocycles. The Bertz CT molecular complexity index is 551. The molecule has 19 heavy (non-hydrogen) atoms. The number of nitrogens with zero attached hydrogens (tertiary/aromatic N) is 2. The van der Waals surface area contributed by atoms with E-state index in [2.05, 4.69) is 22.4 Å². The van der Waals surface area contributed by atoms with E-state index in [1.54, 1.807) is 18.2 Å². The molecule has 0 fully saturated rings. The van der Waals surface area contributed by atoms with Crippen LogP contribution in [0.1, 0.15) is 25.7 Å². The highest BCUT2D eigenvalue weighted by atomic mass is 35.5. The molecule has 102 valence electrons. The van der Waals surface area contributed by atoms with Crippen LogP contribution in [0.25, 0.3) is 11.4 Å². The Hall–Kier alpha value is -1.10. The number of benzene rings is 1. The van der Waals surface area contributed by atoms with E-state index >= 15 is 0 Å². The Morgan fingerprint density at radius 1 is 1.16 bits per heavy atom. The standard InChI is InChI=1S/C13H15Cl2N3O/c1-7(8(2)16-3)13-17-12(18-19-13)9-4-10(14)6-11(15)5-9/h4-8,16H,1-3H3. The zero-order valence-corrected chi connectivity index (χ0v) is 12.5. The second kappa shape index (κ2) is 5.90. The molecule has 0 aliphatic carbocycles. The quantitative estimate of drug-likeness (QED) is 0.934. The van der Waals surface area contributed by atoms with Crippen molar-refractivity contribution in [1.29, 1.82) is 0 Å². The maximum Gasteiger partial charge on any atom is 0.231 e. The third-order valence-electron chi connectivity index (χ3n) is 3.16. The van der Waals surface area contributed by atoms with Crippen LogP contribution in [0.3, 0.4) is 0 Å². The summed E-state index contributed by atoms with van der Waals surface area (Å²) in [5.41, 5.74) is 0.747. The van der Waals surface area contributed by atoms with E-state index in [4.69, 9.17) is 27.7 Å². The summed E-state index contributed by atoms with van der Waals surface area (Å²) in [6.45, 7) is 4.09. The first-order chi connectivity index (χ1) is 9.01. The van der Waals surface area contributed by atoms with Crippen LogP contribution < -0.4 is 5.32 Å². The average molecular weight is 300 g/mol. The largest absolute Gasteiger partial charge is 0.339 e. The van der Waals surface area contributed by atoms with Gasteiger partial charge in [0.25, 0.3) is 0 Å². The summed E-state index contributed by atoms with van der Waals surface area (Å²) in [5.74, 6) is 1.21. The number of halogens is 2. The minimum Gasteiger partial charge on any atom is -0.339 e. The van der Waals surface area contributed by atoms with Gasteiger partial charge in [0, 0.05) is 21.7 Å². The lowest BCUT2D eigenvalue weighted by Gasteiger charge is -2.14. The van der Waals surface area contributed by atoms with Crippen molar-refractivity contribution < 1.29 is 4.52 Å². The van der Waals surface area contributed by atoms with Gasteiger partial charge in [0.05, 0.1) is 5.92 Å². The lowest BCUT2D eigenvalue weighted by atomic mass is 10.0. The van der Waals surface area contributed by atoms with Crippen molar-refractivity contribution in [1.82, 2.24) is 15.5 Å². The second-order valence-electron chi connectivity index (χ2n) is 4.48. The molecule has 0 saturated carbocycles. The Kier molecular flexibility index (Phi) is 4.45. The van der Waals surface area contributed by atoms with E-state index in [9.17, 15) is 0 Å². The molecule has 2 unspecified atom stereocenters. The van der Waals surface area contributed by atoms with Crippen molar-refractivity contribution in [2.45, 2.75) is 25.8 Å². The minimum absolute atomic E-state index is 0.126. The highest BCUT2D eigenvalue weighted by Gasteiger charge is 2.20. The fraction of sp³-hybridized carbons (Fsp3) is 0.385.